The highest BCUT2D eigenvalue weighted by atomic mass is 35.5. The van der Waals surface area contributed by atoms with Crippen molar-refractivity contribution in [3.05, 3.63) is 63.5 Å². The van der Waals surface area contributed by atoms with Crippen molar-refractivity contribution in [1.29, 1.82) is 0 Å². The normalized spacial score (nSPS) is 16.7. The number of nitrogens with zero attached hydrogens (tertiary/aromatic N) is 4. The Balaban J connectivity index is 1.95. The number of carbonyl (C=O) groups excluding carboxylic acids is 1. The van der Waals surface area contributed by atoms with E-state index in [9.17, 15) is 4.79 Å². The fraction of sp³-hybridized carbons (Fsp3) is 0.176. The van der Waals surface area contributed by atoms with Crippen LogP contribution in [-0.4, -0.2) is 31.4 Å². The summed E-state index contributed by atoms with van der Waals surface area (Å²) in [6.07, 6.45) is 3.25. The van der Waals surface area contributed by atoms with Crippen molar-refractivity contribution in [3.8, 4) is 5.95 Å². The molecule has 1 amide bonds. The molecule has 0 spiro atoms. The third-order valence-electron chi connectivity index (χ3n) is 4.01. The minimum Gasteiger partial charge on any atom is -0.309 e. The molecule has 1 N–H and O–H groups in total. The standard InChI is InChI=1S/C17H13Cl2N5OS/c1-9-13-15(14-10(18)4-2-5-11(14)19)26-8-12(25)22-16(13)24(23-9)17-20-6-3-7-21-17/h2-7,15H,8H2,1H3,(H,22,25)/t15-/m1/s1. The molecule has 9 heteroatoms. The summed E-state index contributed by atoms with van der Waals surface area (Å²) in [6, 6.07) is 7.11. The molecule has 0 fully saturated rings. The van der Waals surface area contributed by atoms with E-state index in [2.05, 4.69) is 20.4 Å². The number of carbonyl (C=O) groups is 1. The summed E-state index contributed by atoms with van der Waals surface area (Å²) in [7, 11) is 0. The molecule has 0 saturated carbocycles. The Kier molecular flexibility index (Phi) is 4.60. The van der Waals surface area contributed by atoms with Crippen molar-refractivity contribution in [2.45, 2.75) is 12.2 Å². The van der Waals surface area contributed by atoms with Gasteiger partial charge in [-0.1, -0.05) is 29.3 Å². The van der Waals surface area contributed by atoms with Gasteiger partial charge >= 0.3 is 0 Å². The monoisotopic (exact) mass is 405 g/mol. The fourth-order valence-electron chi connectivity index (χ4n) is 2.92. The average Bonchev–Trinajstić information content (AvgIpc) is 2.83. The number of thioether (sulfide) groups is 1. The Morgan fingerprint density at radius 1 is 1.15 bits per heavy atom. The molecule has 1 aliphatic heterocycles. The number of amides is 1. The number of aromatic nitrogens is 4. The molecule has 0 bridgehead atoms. The Morgan fingerprint density at radius 2 is 1.85 bits per heavy atom. The van der Waals surface area contributed by atoms with Crippen molar-refractivity contribution < 1.29 is 4.79 Å². The van der Waals surface area contributed by atoms with E-state index in [4.69, 9.17) is 23.2 Å². The Bertz CT molecular complexity index is 972. The maximum Gasteiger partial charge on any atom is 0.252 e. The van der Waals surface area contributed by atoms with E-state index in [0.29, 0.717) is 21.8 Å². The second-order valence-corrected chi connectivity index (χ2v) is 7.59. The van der Waals surface area contributed by atoms with Crippen LogP contribution in [0.3, 0.4) is 0 Å². The summed E-state index contributed by atoms with van der Waals surface area (Å²) in [6.45, 7) is 1.88. The van der Waals surface area contributed by atoms with Crippen LogP contribution in [0.1, 0.15) is 22.1 Å². The van der Waals surface area contributed by atoms with E-state index in [1.807, 2.05) is 6.92 Å². The highest BCUT2D eigenvalue weighted by Gasteiger charge is 2.33. The number of hydrogen-bond donors (Lipinski definition) is 1. The first-order valence-electron chi connectivity index (χ1n) is 7.78. The second-order valence-electron chi connectivity index (χ2n) is 5.68. The van der Waals surface area contributed by atoms with E-state index in [-0.39, 0.29) is 16.9 Å². The molecule has 3 heterocycles. The minimum atomic E-state index is -0.234. The number of fused-ring (bicyclic) bond motifs is 1. The molecule has 0 radical (unpaired) electrons. The van der Waals surface area contributed by atoms with E-state index < -0.39 is 0 Å². The predicted octanol–water partition coefficient (Wildman–Crippen LogP) is 4.05. The van der Waals surface area contributed by atoms with Crippen LogP contribution in [0.4, 0.5) is 5.82 Å². The number of nitrogens with one attached hydrogen (secondary N) is 1. The lowest BCUT2D eigenvalue weighted by Gasteiger charge is -2.18. The Labute approximate surface area is 163 Å². The topological polar surface area (TPSA) is 72.7 Å². The zero-order valence-electron chi connectivity index (χ0n) is 13.6. The highest BCUT2D eigenvalue weighted by molar-refractivity contribution is 8.00. The van der Waals surface area contributed by atoms with Gasteiger partial charge < -0.3 is 5.32 Å². The largest absolute Gasteiger partial charge is 0.309 e. The molecule has 132 valence electrons. The van der Waals surface area contributed by atoms with Crippen molar-refractivity contribution in [1.82, 2.24) is 19.7 Å². The van der Waals surface area contributed by atoms with Gasteiger partial charge in [-0.15, -0.1) is 11.8 Å². The Morgan fingerprint density at radius 3 is 2.54 bits per heavy atom. The number of aryl methyl sites for hydroxylation is 1. The summed E-state index contributed by atoms with van der Waals surface area (Å²) in [4.78, 5) is 20.8. The third-order valence-corrected chi connectivity index (χ3v) is 5.90. The number of hydrogen-bond acceptors (Lipinski definition) is 5. The smallest absolute Gasteiger partial charge is 0.252 e. The molecule has 2 aromatic heterocycles. The van der Waals surface area contributed by atoms with Crippen LogP contribution in [0.2, 0.25) is 10.0 Å². The summed E-state index contributed by atoms with van der Waals surface area (Å²) in [5.74, 6) is 1.08. The van der Waals surface area contributed by atoms with E-state index in [1.165, 1.54) is 11.8 Å². The minimum absolute atomic E-state index is 0.126. The van der Waals surface area contributed by atoms with Crippen molar-refractivity contribution >= 4 is 46.7 Å². The molecule has 3 aromatic rings. The maximum absolute atomic E-state index is 12.3. The molecule has 1 atom stereocenters. The van der Waals surface area contributed by atoms with Gasteiger partial charge in [0, 0.05) is 33.6 Å². The first-order chi connectivity index (χ1) is 12.6. The lowest BCUT2D eigenvalue weighted by Crippen LogP contribution is -2.16. The number of rotatable bonds is 2. The summed E-state index contributed by atoms with van der Waals surface area (Å²) < 4.78 is 1.55. The quantitative estimate of drug-likeness (QED) is 0.695. The zero-order valence-corrected chi connectivity index (χ0v) is 15.9. The van der Waals surface area contributed by atoms with E-state index in [0.717, 1.165) is 16.8 Å². The van der Waals surface area contributed by atoms with E-state index in [1.54, 1.807) is 41.3 Å². The summed E-state index contributed by atoms with van der Waals surface area (Å²) >= 11 is 14.3. The Hall–Kier alpha value is -2.09. The van der Waals surface area contributed by atoms with Gasteiger partial charge in [0.2, 0.25) is 5.91 Å². The van der Waals surface area contributed by atoms with Gasteiger partial charge in [0.15, 0.2) is 0 Å². The lowest BCUT2D eigenvalue weighted by atomic mass is 10.0. The molecule has 4 rings (SSSR count). The van der Waals surface area contributed by atoms with Gasteiger partial charge in [0.25, 0.3) is 5.95 Å². The fourth-order valence-corrected chi connectivity index (χ4v) is 4.92. The van der Waals surface area contributed by atoms with Crippen LogP contribution >= 0.6 is 35.0 Å². The zero-order chi connectivity index (χ0) is 18.3. The van der Waals surface area contributed by atoms with Crippen LogP contribution in [-0.2, 0) is 4.79 Å². The van der Waals surface area contributed by atoms with Gasteiger partial charge in [0.05, 0.1) is 16.7 Å². The number of halogens is 2. The van der Waals surface area contributed by atoms with Crippen LogP contribution in [0.5, 0.6) is 0 Å². The molecular weight excluding hydrogens is 393 g/mol. The van der Waals surface area contributed by atoms with Crippen LogP contribution in [0, 0.1) is 6.92 Å². The molecule has 0 saturated heterocycles. The molecule has 6 nitrogen and oxygen atoms in total. The molecule has 0 unspecified atom stereocenters. The van der Waals surface area contributed by atoms with Gasteiger partial charge in [-0.3, -0.25) is 4.79 Å². The molecular formula is C17H13Cl2N5OS. The van der Waals surface area contributed by atoms with Crippen LogP contribution in [0.15, 0.2) is 36.7 Å². The SMILES string of the molecule is Cc1nn(-c2ncccn2)c2c1[C@H](c1c(Cl)cccc1Cl)SCC(=O)N2. The molecule has 26 heavy (non-hydrogen) atoms. The summed E-state index contributed by atoms with van der Waals surface area (Å²) in [5.41, 5.74) is 2.38. The first kappa shape index (κ1) is 17.3. The molecule has 1 aliphatic rings. The van der Waals surface area contributed by atoms with Crippen molar-refractivity contribution in [3.63, 3.8) is 0 Å². The molecule has 0 aliphatic carbocycles. The second kappa shape index (κ2) is 6.90. The van der Waals surface area contributed by atoms with Gasteiger partial charge in [-0.05, 0) is 25.1 Å². The lowest BCUT2D eigenvalue weighted by molar-refractivity contribution is -0.113. The third kappa shape index (κ3) is 2.96. The van der Waals surface area contributed by atoms with Gasteiger partial charge in [-0.25, -0.2) is 9.97 Å². The van der Waals surface area contributed by atoms with Crippen LogP contribution in [0.25, 0.3) is 5.95 Å². The average molecular weight is 406 g/mol. The van der Waals surface area contributed by atoms with Gasteiger partial charge in [0.1, 0.15) is 5.82 Å². The van der Waals surface area contributed by atoms with Crippen LogP contribution < -0.4 is 5.32 Å². The first-order valence-corrected chi connectivity index (χ1v) is 9.59. The van der Waals surface area contributed by atoms with Crippen molar-refractivity contribution in [2.75, 3.05) is 11.1 Å². The highest BCUT2D eigenvalue weighted by Crippen LogP contribution is 2.47. The van der Waals surface area contributed by atoms with E-state index >= 15 is 0 Å². The number of anilines is 1. The maximum atomic E-state index is 12.3. The summed E-state index contributed by atoms with van der Waals surface area (Å²) in [5, 5.41) is 8.35. The predicted molar refractivity (Wildman–Crippen MR) is 103 cm³/mol. The number of benzene rings is 1. The van der Waals surface area contributed by atoms with Crippen molar-refractivity contribution in [2.24, 2.45) is 0 Å². The van der Waals surface area contributed by atoms with Gasteiger partial charge in [-0.2, -0.15) is 9.78 Å². The molecule has 1 aromatic carbocycles.